The molecule has 4 heteroatoms. The molecule has 0 aliphatic heterocycles. The van der Waals surface area contributed by atoms with Gasteiger partial charge in [-0.15, -0.1) is 0 Å². The summed E-state index contributed by atoms with van der Waals surface area (Å²) in [6, 6.07) is 5.89. The summed E-state index contributed by atoms with van der Waals surface area (Å²) in [5, 5.41) is 0. The van der Waals surface area contributed by atoms with Gasteiger partial charge in [-0.3, -0.25) is 0 Å². The first-order valence-corrected chi connectivity index (χ1v) is 5.71. The lowest BCUT2D eigenvalue weighted by atomic mass is 9.93. The second-order valence-corrected chi connectivity index (χ2v) is 4.91. The van der Waals surface area contributed by atoms with E-state index in [0.29, 0.717) is 6.54 Å². The molecule has 2 N–H and O–H groups in total. The molecular formula is C13H19N3O. The number of nitrogens with two attached hydrogens (primary N) is 1. The third kappa shape index (κ3) is 1.78. The molecule has 0 amide bonds. The number of hydrogen-bond donors (Lipinski definition) is 1. The third-order valence-electron chi connectivity index (χ3n) is 3.19. The fraction of sp³-hybridized carbons (Fsp3) is 0.462. The van der Waals surface area contributed by atoms with Crippen LogP contribution in [-0.4, -0.2) is 23.2 Å². The van der Waals surface area contributed by atoms with E-state index in [2.05, 4.69) is 23.4 Å². The van der Waals surface area contributed by atoms with Gasteiger partial charge >= 0.3 is 0 Å². The quantitative estimate of drug-likeness (QED) is 0.879. The molecule has 0 aliphatic rings. The fourth-order valence-corrected chi connectivity index (χ4v) is 2.09. The van der Waals surface area contributed by atoms with Gasteiger partial charge in [-0.05, 0) is 12.1 Å². The van der Waals surface area contributed by atoms with Gasteiger partial charge < -0.3 is 15.0 Å². The zero-order valence-electron chi connectivity index (χ0n) is 10.8. The molecule has 0 spiro atoms. The van der Waals surface area contributed by atoms with E-state index in [9.17, 15) is 0 Å². The highest BCUT2D eigenvalue weighted by atomic mass is 16.5. The van der Waals surface area contributed by atoms with Crippen molar-refractivity contribution in [3.8, 4) is 5.75 Å². The van der Waals surface area contributed by atoms with E-state index in [0.717, 1.165) is 22.6 Å². The Hall–Kier alpha value is -1.55. The van der Waals surface area contributed by atoms with E-state index in [-0.39, 0.29) is 5.41 Å². The van der Waals surface area contributed by atoms with Crippen molar-refractivity contribution in [3.63, 3.8) is 0 Å². The van der Waals surface area contributed by atoms with Crippen molar-refractivity contribution in [1.82, 2.24) is 9.55 Å². The van der Waals surface area contributed by atoms with Crippen LogP contribution in [-0.2, 0) is 12.5 Å². The summed E-state index contributed by atoms with van der Waals surface area (Å²) in [6.07, 6.45) is 0. The average Bonchev–Trinajstić information content (AvgIpc) is 2.67. The molecular weight excluding hydrogens is 214 g/mol. The van der Waals surface area contributed by atoms with Gasteiger partial charge in [0, 0.05) is 19.0 Å². The van der Waals surface area contributed by atoms with Gasteiger partial charge in [0.1, 0.15) is 17.1 Å². The number of benzene rings is 1. The van der Waals surface area contributed by atoms with Crippen LogP contribution in [0.2, 0.25) is 0 Å². The molecule has 0 radical (unpaired) electrons. The number of methoxy groups -OCH3 is 1. The standard InChI is InChI=1S/C13H19N3O/c1-13(2,8-14)12-15-9-6-5-7-10(17-4)11(9)16(12)3/h5-7H,8,14H2,1-4H3. The van der Waals surface area contributed by atoms with Gasteiger partial charge in [0.15, 0.2) is 0 Å². The average molecular weight is 233 g/mol. The van der Waals surface area contributed by atoms with Crippen LogP contribution in [0, 0.1) is 0 Å². The summed E-state index contributed by atoms with van der Waals surface area (Å²) in [5.74, 6) is 1.83. The van der Waals surface area contributed by atoms with Gasteiger partial charge in [-0.1, -0.05) is 19.9 Å². The molecule has 0 saturated carbocycles. The lowest BCUT2D eigenvalue weighted by Crippen LogP contribution is -2.31. The summed E-state index contributed by atoms with van der Waals surface area (Å²) >= 11 is 0. The van der Waals surface area contributed by atoms with E-state index in [4.69, 9.17) is 10.5 Å². The smallest absolute Gasteiger partial charge is 0.144 e. The predicted octanol–water partition coefficient (Wildman–Crippen LogP) is 1.82. The van der Waals surface area contributed by atoms with Gasteiger partial charge in [0.25, 0.3) is 0 Å². The molecule has 1 heterocycles. The number of nitrogens with zero attached hydrogens (tertiary/aromatic N) is 2. The van der Waals surface area contributed by atoms with Crippen molar-refractivity contribution in [2.75, 3.05) is 13.7 Å². The number of aryl methyl sites for hydroxylation is 1. The van der Waals surface area contributed by atoms with E-state index in [1.54, 1.807) is 7.11 Å². The molecule has 0 saturated heterocycles. The Bertz CT molecular complexity index is 543. The maximum Gasteiger partial charge on any atom is 0.144 e. The highest BCUT2D eigenvalue weighted by Gasteiger charge is 2.25. The first-order valence-electron chi connectivity index (χ1n) is 5.71. The minimum Gasteiger partial charge on any atom is -0.494 e. The monoisotopic (exact) mass is 233 g/mol. The Kier molecular flexibility index (Phi) is 2.83. The van der Waals surface area contributed by atoms with Crippen LogP contribution in [0.3, 0.4) is 0 Å². The van der Waals surface area contributed by atoms with Crippen molar-refractivity contribution in [3.05, 3.63) is 24.0 Å². The Balaban J connectivity index is 2.73. The Morgan fingerprint density at radius 2 is 2.12 bits per heavy atom. The van der Waals surface area contributed by atoms with Crippen molar-refractivity contribution in [2.45, 2.75) is 19.3 Å². The van der Waals surface area contributed by atoms with E-state index < -0.39 is 0 Å². The summed E-state index contributed by atoms with van der Waals surface area (Å²) in [5.41, 5.74) is 7.64. The van der Waals surface area contributed by atoms with Crippen LogP contribution in [0.1, 0.15) is 19.7 Å². The van der Waals surface area contributed by atoms with Gasteiger partial charge in [0.05, 0.1) is 12.6 Å². The summed E-state index contributed by atoms with van der Waals surface area (Å²) in [7, 11) is 3.68. The van der Waals surface area contributed by atoms with E-state index >= 15 is 0 Å². The fourth-order valence-electron chi connectivity index (χ4n) is 2.09. The minimum atomic E-state index is -0.140. The molecule has 0 fully saturated rings. The molecule has 0 atom stereocenters. The van der Waals surface area contributed by atoms with Crippen LogP contribution in [0.5, 0.6) is 5.75 Å². The summed E-state index contributed by atoms with van der Waals surface area (Å²) < 4.78 is 7.45. The number of fused-ring (bicyclic) bond motifs is 1. The highest BCUT2D eigenvalue weighted by molar-refractivity contribution is 5.82. The topological polar surface area (TPSA) is 53.1 Å². The maximum absolute atomic E-state index is 5.82. The summed E-state index contributed by atoms with van der Waals surface area (Å²) in [6.45, 7) is 4.76. The third-order valence-corrected chi connectivity index (χ3v) is 3.19. The molecule has 0 aliphatic carbocycles. The molecule has 1 aromatic heterocycles. The number of imidazole rings is 1. The van der Waals surface area contributed by atoms with Crippen LogP contribution < -0.4 is 10.5 Å². The largest absolute Gasteiger partial charge is 0.494 e. The van der Waals surface area contributed by atoms with E-state index in [1.165, 1.54) is 0 Å². The number of ether oxygens (including phenoxy) is 1. The molecule has 2 rings (SSSR count). The number of hydrogen-bond acceptors (Lipinski definition) is 3. The first kappa shape index (κ1) is 11.9. The normalized spacial score (nSPS) is 12.1. The maximum atomic E-state index is 5.82. The SMILES string of the molecule is COc1cccc2nc(C(C)(C)CN)n(C)c12. The second-order valence-electron chi connectivity index (χ2n) is 4.91. The predicted molar refractivity (Wildman–Crippen MR) is 69.3 cm³/mol. The summed E-state index contributed by atoms with van der Waals surface area (Å²) in [4.78, 5) is 4.67. The number of aromatic nitrogens is 2. The van der Waals surface area contributed by atoms with Crippen LogP contribution in [0.25, 0.3) is 11.0 Å². The van der Waals surface area contributed by atoms with Crippen molar-refractivity contribution < 1.29 is 4.74 Å². The molecule has 92 valence electrons. The molecule has 2 aromatic rings. The van der Waals surface area contributed by atoms with Gasteiger partial charge in [-0.25, -0.2) is 4.98 Å². The van der Waals surface area contributed by atoms with Crippen LogP contribution in [0.15, 0.2) is 18.2 Å². The van der Waals surface area contributed by atoms with Gasteiger partial charge in [-0.2, -0.15) is 0 Å². The van der Waals surface area contributed by atoms with Crippen molar-refractivity contribution in [1.29, 1.82) is 0 Å². The lowest BCUT2D eigenvalue weighted by Gasteiger charge is -2.21. The molecule has 17 heavy (non-hydrogen) atoms. The van der Waals surface area contributed by atoms with E-state index in [1.807, 2.05) is 25.2 Å². The molecule has 4 nitrogen and oxygen atoms in total. The Morgan fingerprint density at radius 3 is 2.71 bits per heavy atom. The second kappa shape index (κ2) is 4.04. The number of para-hydroxylation sites is 1. The molecule has 0 unspecified atom stereocenters. The van der Waals surface area contributed by atoms with Crippen molar-refractivity contribution in [2.24, 2.45) is 12.8 Å². The van der Waals surface area contributed by atoms with Crippen LogP contribution >= 0.6 is 0 Å². The first-order chi connectivity index (χ1) is 8.01. The van der Waals surface area contributed by atoms with Gasteiger partial charge in [0.2, 0.25) is 0 Å². The molecule has 1 aromatic carbocycles. The number of rotatable bonds is 3. The Morgan fingerprint density at radius 1 is 1.41 bits per heavy atom. The lowest BCUT2D eigenvalue weighted by molar-refractivity contribution is 0.416. The minimum absolute atomic E-state index is 0.140. The Labute approximate surface area is 101 Å². The zero-order valence-corrected chi connectivity index (χ0v) is 10.8. The highest BCUT2D eigenvalue weighted by Crippen LogP contribution is 2.30. The zero-order chi connectivity index (χ0) is 12.6. The molecule has 0 bridgehead atoms. The van der Waals surface area contributed by atoms with Crippen LogP contribution in [0.4, 0.5) is 0 Å². The van der Waals surface area contributed by atoms with Crippen molar-refractivity contribution >= 4 is 11.0 Å².